The highest BCUT2D eigenvalue weighted by Crippen LogP contribution is 2.32. The van der Waals surface area contributed by atoms with Gasteiger partial charge in [-0.2, -0.15) is 0 Å². The van der Waals surface area contributed by atoms with Crippen molar-refractivity contribution in [2.75, 3.05) is 7.05 Å². The average molecular weight is 245 g/mol. The molecule has 0 radical (unpaired) electrons. The number of fused-ring (bicyclic) bond motifs is 1. The number of nitrogens with one attached hydrogen (secondary N) is 1. The molecule has 1 heterocycles. The zero-order valence-electron chi connectivity index (χ0n) is 11.8. The Morgan fingerprint density at radius 3 is 2.61 bits per heavy atom. The van der Waals surface area contributed by atoms with Crippen LogP contribution in [0.4, 0.5) is 0 Å². The van der Waals surface area contributed by atoms with E-state index < -0.39 is 0 Å². The van der Waals surface area contributed by atoms with Crippen LogP contribution in [-0.2, 0) is 0 Å². The van der Waals surface area contributed by atoms with Gasteiger partial charge in [-0.25, -0.2) is 0 Å². The summed E-state index contributed by atoms with van der Waals surface area (Å²) in [6.45, 7) is 6.85. The molecule has 1 aromatic carbocycles. The largest absolute Gasteiger partial charge is 0.464 e. The fourth-order valence-electron chi connectivity index (χ4n) is 2.30. The molecule has 2 rings (SSSR count). The maximum atomic E-state index is 5.62. The van der Waals surface area contributed by atoms with Gasteiger partial charge in [0.1, 0.15) is 5.58 Å². The van der Waals surface area contributed by atoms with Gasteiger partial charge in [0.2, 0.25) is 0 Å². The van der Waals surface area contributed by atoms with Gasteiger partial charge in [-0.3, -0.25) is 0 Å². The summed E-state index contributed by atoms with van der Waals surface area (Å²) in [5, 5.41) is 4.64. The van der Waals surface area contributed by atoms with Gasteiger partial charge >= 0.3 is 0 Å². The van der Waals surface area contributed by atoms with Crippen LogP contribution in [0.15, 0.2) is 34.9 Å². The number of hydrogen-bond acceptors (Lipinski definition) is 2. The first kappa shape index (κ1) is 13.2. The van der Waals surface area contributed by atoms with Crippen molar-refractivity contribution in [2.45, 2.75) is 39.7 Å². The molecule has 0 aliphatic rings. The number of hydrogen-bond donors (Lipinski definition) is 1. The van der Waals surface area contributed by atoms with Gasteiger partial charge in [0.05, 0.1) is 6.26 Å². The van der Waals surface area contributed by atoms with Crippen molar-refractivity contribution in [3.63, 3.8) is 0 Å². The van der Waals surface area contributed by atoms with Crippen molar-refractivity contribution in [1.29, 1.82) is 0 Å². The van der Waals surface area contributed by atoms with E-state index in [-0.39, 0.29) is 0 Å². The third-order valence-corrected chi connectivity index (χ3v) is 3.42. The van der Waals surface area contributed by atoms with E-state index in [1.807, 2.05) is 25.4 Å². The van der Waals surface area contributed by atoms with Crippen molar-refractivity contribution < 1.29 is 4.42 Å². The van der Waals surface area contributed by atoms with Gasteiger partial charge in [0.15, 0.2) is 0 Å². The van der Waals surface area contributed by atoms with Crippen molar-refractivity contribution in [3.8, 4) is 0 Å². The minimum absolute atomic E-state index is 0.368. The summed E-state index contributed by atoms with van der Waals surface area (Å²) in [7, 11) is 2.02. The van der Waals surface area contributed by atoms with Crippen LogP contribution in [0.5, 0.6) is 0 Å². The average Bonchev–Trinajstić information content (AvgIpc) is 2.73. The topological polar surface area (TPSA) is 25.2 Å². The molecule has 18 heavy (non-hydrogen) atoms. The van der Waals surface area contributed by atoms with Gasteiger partial charge in [0.25, 0.3) is 0 Å². The normalized spacial score (nSPS) is 14.0. The fourth-order valence-corrected chi connectivity index (χ4v) is 2.30. The first-order valence-corrected chi connectivity index (χ1v) is 6.65. The van der Waals surface area contributed by atoms with Crippen LogP contribution < -0.4 is 5.32 Å². The zero-order chi connectivity index (χ0) is 13.2. The summed E-state index contributed by atoms with van der Waals surface area (Å²) in [6, 6.07) is 8.61. The SMILES string of the molecule is CNC(CCC(C)(C)C)c1coc2ccccc12. The molecule has 2 heteroatoms. The lowest BCUT2D eigenvalue weighted by Gasteiger charge is -2.22. The molecule has 0 aliphatic heterocycles. The monoisotopic (exact) mass is 245 g/mol. The molecule has 2 nitrogen and oxygen atoms in total. The van der Waals surface area contributed by atoms with Crippen LogP contribution in [0.2, 0.25) is 0 Å². The molecular weight excluding hydrogens is 222 g/mol. The first-order chi connectivity index (χ1) is 8.51. The summed E-state index contributed by atoms with van der Waals surface area (Å²) < 4.78 is 5.62. The molecule has 0 saturated carbocycles. The van der Waals surface area contributed by atoms with Gasteiger partial charge in [-0.05, 0) is 31.4 Å². The molecule has 0 saturated heterocycles. The van der Waals surface area contributed by atoms with Crippen LogP contribution in [0, 0.1) is 5.41 Å². The third kappa shape index (κ3) is 2.94. The molecule has 1 atom stereocenters. The van der Waals surface area contributed by atoms with Crippen LogP contribution in [0.3, 0.4) is 0 Å². The first-order valence-electron chi connectivity index (χ1n) is 6.65. The molecular formula is C16H23NO. The summed E-state index contributed by atoms with van der Waals surface area (Å²) in [6.07, 6.45) is 4.22. The van der Waals surface area contributed by atoms with E-state index in [1.54, 1.807) is 0 Å². The molecule has 0 amide bonds. The Hall–Kier alpha value is -1.28. The summed E-state index contributed by atoms with van der Waals surface area (Å²) in [5.74, 6) is 0. The highest BCUT2D eigenvalue weighted by molar-refractivity contribution is 5.81. The van der Waals surface area contributed by atoms with E-state index in [9.17, 15) is 0 Å². The molecule has 0 spiro atoms. The molecule has 1 N–H and O–H groups in total. The van der Waals surface area contributed by atoms with Gasteiger partial charge in [-0.1, -0.05) is 39.0 Å². The van der Waals surface area contributed by atoms with Crippen molar-refractivity contribution >= 4 is 11.0 Å². The van der Waals surface area contributed by atoms with Crippen molar-refractivity contribution in [1.82, 2.24) is 5.32 Å². The summed E-state index contributed by atoms with van der Waals surface area (Å²) >= 11 is 0. The predicted octanol–water partition coefficient (Wildman–Crippen LogP) is 4.52. The Morgan fingerprint density at radius 2 is 1.94 bits per heavy atom. The second kappa shape index (κ2) is 5.15. The maximum Gasteiger partial charge on any atom is 0.134 e. The van der Waals surface area contributed by atoms with Crippen LogP contribution in [0.25, 0.3) is 11.0 Å². The Morgan fingerprint density at radius 1 is 1.22 bits per heavy atom. The van der Waals surface area contributed by atoms with Crippen molar-refractivity contribution in [3.05, 3.63) is 36.1 Å². The zero-order valence-corrected chi connectivity index (χ0v) is 11.8. The minimum atomic E-state index is 0.368. The molecule has 1 aromatic heterocycles. The van der Waals surface area contributed by atoms with E-state index in [0.717, 1.165) is 12.0 Å². The fraction of sp³-hybridized carbons (Fsp3) is 0.500. The van der Waals surface area contributed by atoms with Crippen LogP contribution in [-0.4, -0.2) is 7.05 Å². The molecule has 1 unspecified atom stereocenters. The quantitative estimate of drug-likeness (QED) is 0.856. The molecule has 2 aromatic rings. The standard InChI is InChI=1S/C16H23NO/c1-16(2,3)10-9-14(17-4)13-11-18-15-8-6-5-7-12(13)15/h5-8,11,14,17H,9-10H2,1-4H3. The highest BCUT2D eigenvalue weighted by Gasteiger charge is 2.18. The minimum Gasteiger partial charge on any atom is -0.464 e. The number of benzene rings is 1. The second-order valence-corrected chi connectivity index (χ2v) is 6.13. The number of furan rings is 1. The predicted molar refractivity (Wildman–Crippen MR) is 76.7 cm³/mol. The van der Waals surface area contributed by atoms with Gasteiger partial charge < -0.3 is 9.73 Å². The smallest absolute Gasteiger partial charge is 0.134 e. The Labute approximate surface area is 109 Å². The molecule has 0 bridgehead atoms. The van der Waals surface area contributed by atoms with Gasteiger partial charge in [-0.15, -0.1) is 0 Å². The van der Waals surface area contributed by atoms with E-state index in [1.165, 1.54) is 17.4 Å². The third-order valence-electron chi connectivity index (χ3n) is 3.42. The van der Waals surface area contributed by atoms with E-state index in [2.05, 4.69) is 38.2 Å². The van der Waals surface area contributed by atoms with Crippen LogP contribution >= 0.6 is 0 Å². The van der Waals surface area contributed by atoms with E-state index >= 15 is 0 Å². The highest BCUT2D eigenvalue weighted by atomic mass is 16.3. The Kier molecular flexibility index (Phi) is 3.76. The van der Waals surface area contributed by atoms with Gasteiger partial charge in [0, 0.05) is 17.0 Å². The number of rotatable bonds is 4. The number of para-hydroxylation sites is 1. The van der Waals surface area contributed by atoms with E-state index in [4.69, 9.17) is 4.42 Å². The summed E-state index contributed by atoms with van der Waals surface area (Å²) in [5.41, 5.74) is 2.62. The lowest BCUT2D eigenvalue weighted by molar-refractivity contribution is 0.338. The lowest BCUT2D eigenvalue weighted by atomic mass is 9.87. The molecule has 98 valence electrons. The maximum absolute atomic E-state index is 5.62. The summed E-state index contributed by atoms with van der Waals surface area (Å²) in [4.78, 5) is 0. The Balaban J connectivity index is 2.22. The second-order valence-electron chi connectivity index (χ2n) is 6.13. The Bertz CT molecular complexity index is 507. The molecule has 0 aliphatic carbocycles. The lowest BCUT2D eigenvalue weighted by Crippen LogP contribution is -2.18. The van der Waals surface area contributed by atoms with Crippen LogP contribution in [0.1, 0.15) is 45.2 Å². The van der Waals surface area contributed by atoms with Crippen molar-refractivity contribution in [2.24, 2.45) is 5.41 Å². The van der Waals surface area contributed by atoms with E-state index in [0.29, 0.717) is 11.5 Å². The molecule has 0 fully saturated rings.